The summed E-state index contributed by atoms with van der Waals surface area (Å²) in [6.45, 7) is 2.43. The second-order valence-electron chi connectivity index (χ2n) is 4.91. The van der Waals surface area contributed by atoms with E-state index in [9.17, 15) is 4.79 Å². The highest BCUT2D eigenvalue weighted by Gasteiger charge is 2.24. The minimum Gasteiger partial charge on any atom is -0.461 e. The third kappa shape index (κ3) is 2.99. The molecule has 2 aromatic rings. The molecule has 0 aliphatic carbocycles. The number of hydrogen-bond acceptors (Lipinski definition) is 5. The van der Waals surface area contributed by atoms with Crippen molar-refractivity contribution in [2.75, 3.05) is 24.6 Å². The first kappa shape index (κ1) is 13.1. The first-order chi connectivity index (χ1) is 9.83. The SMILES string of the molecule is O=C(OCC1CCN(c2ccccc2)C1)c1cscn1. The van der Waals surface area contributed by atoms with Crippen molar-refractivity contribution in [3.8, 4) is 0 Å². The van der Waals surface area contributed by atoms with Crippen molar-refractivity contribution < 1.29 is 9.53 Å². The van der Waals surface area contributed by atoms with Crippen LogP contribution in [0.25, 0.3) is 0 Å². The van der Waals surface area contributed by atoms with E-state index in [1.807, 2.05) is 18.2 Å². The normalized spacial score (nSPS) is 18.2. The van der Waals surface area contributed by atoms with Gasteiger partial charge in [0.15, 0.2) is 5.69 Å². The van der Waals surface area contributed by atoms with Gasteiger partial charge in [0, 0.05) is 30.1 Å². The average Bonchev–Trinajstić information content (AvgIpc) is 3.17. The number of anilines is 1. The van der Waals surface area contributed by atoms with Crippen LogP contribution in [0.5, 0.6) is 0 Å². The van der Waals surface area contributed by atoms with E-state index >= 15 is 0 Å². The van der Waals surface area contributed by atoms with Crippen LogP contribution >= 0.6 is 11.3 Å². The molecule has 104 valence electrons. The number of nitrogens with zero attached hydrogens (tertiary/aromatic N) is 2. The van der Waals surface area contributed by atoms with Crippen molar-refractivity contribution in [1.29, 1.82) is 0 Å². The molecule has 1 aromatic heterocycles. The fraction of sp³-hybridized carbons (Fsp3) is 0.333. The first-order valence-corrected chi connectivity index (χ1v) is 7.62. The lowest BCUT2D eigenvalue weighted by Gasteiger charge is -2.18. The summed E-state index contributed by atoms with van der Waals surface area (Å²) < 4.78 is 5.33. The van der Waals surface area contributed by atoms with Gasteiger partial charge >= 0.3 is 5.97 Å². The maximum absolute atomic E-state index is 11.7. The zero-order chi connectivity index (χ0) is 13.8. The maximum atomic E-state index is 11.7. The molecule has 20 heavy (non-hydrogen) atoms. The summed E-state index contributed by atoms with van der Waals surface area (Å²) >= 11 is 1.40. The van der Waals surface area contributed by atoms with E-state index in [0.29, 0.717) is 18.2 Å². The molecule has 0 spiro atoms. The maximum Gasteiger partial charge on any atom is 0.357 e. The van der Waals surface area contributed by atoms with Gasteiger partial charge in [-0.05, 0) is 18.6 Å². The van der Waals surface area contributed by atoms with Gasteiger partial charge in [-0.15, -0.1) is 11.3 Å². The van der Waals surface area contributed by atoms with E-state index < -0.39 is 0 Å². The van der Waals surface area contributed by atoms with Crippen LogP contribution in [0, 0.1) is 5.92 Å². The number of carbonyl (C=O) groups excluding carboxylic acids is 1. The Morgan fingerprint density at radius 1 is 1.40 bits per heavy atom. The van der Waals surface area contributed by atoms with Gasteiger partial charge in [0.2, 0.25) is 0 Å². The average molecular weight is 288 g/mol. The van der Waals surface area contributed by atoms with E-state index in [1.54, 1.807) is 10.9 Å². The van der Waals surface area contributed by atoms with Gasteiger partial charge in [-0.3, -0.25) is 0 Å². The van der Waals surface area contributed by atoms with Crippen LogP contribution in [-0.4, -0.2) is 30.6 Å². The Kier molecular flexibility index (Phi) is 3.97. The van der Waals surface area contributed by atoms with E-state index in [0.717, 1.165) is 19.5 Å². The van der Waals surface area contributed by atoms with Crippen LogP contribution < -0.4 is 4.90 Å². The summed E-state index contributed by atoms with van der Waals surface area (Å²) in [7, 11) is 0. The lowest BCUT2D eigenvalue weighted by Crippen LogP contribution is -2.22. The predicted octanol–water partition coefficient (Wildman–Crippen LogP) is 2.83. The molecule has 1 unspecified atom stereocenters. The van der Waals surface area contributed by atoms with Crippen LogP contribution in [0.15, 0.2) is 41.2 Å². The lowest BCUT2D eigenvalue weighted by molar-refractivity contribution is 0.0445. The Morgan fingerprint density at radius 3 is 3.00 bits per heavy atom. The fourth-order valence-electron chi connectivity index (χ4n) is 2.42. The highest BCUT2D eigenvalue weighted by atomic mass is 32.1. The van der Waals surface area contributed by atoms with Crippen LogP contribution in [0.4, 0.5) is 5.69 Å². The van der Waals surface area contributed by atoms with Gasteiger partial charge in [-0.2, -0.15) is 0 Å². The summed E-state index contributed by atoms with van der Waals surface area (Å²) in [6.07, 6.45) is 1.05. The van der Waals surface area contributed by atoms with Crippen molar-refractivity contribution in [2.45, 2.75) is 6.42 Å². The van der Waals surface area contributed by atoms with Crippen LogP contribution in [0.1, 0.15) is 16.9 Å². The molecule has 4 nitrogen and oxygen atoms in total. The van der Waals surface area contributed by atoms with Gasteiger partial charge in [-0.25, -0.2) is 9.78 Å². The number of thiazole rings is 1. The number of esters is 1. The molecule has 1 aliphatic heterocycles. The molecule has 1 atom stereocenters. The molecule has 3 rings (SSSR count). The van der Waals surface area contributed by atoms with E-state index in [2.05, 4.69) is 22.0 Å². The summed E-state index contributed by atoms with van der Waals surface area (Å²) in [5.74, 6) is 0.0854. The van der Waals surface area contributed by atoms with Gasteiger partial charge in [0.1, 0.15) is 0 Å². The van der Waals surface area contributed by atoms with Gasteiger partial charge < -0.3 is 9.64 Å². The molecule has 0 bridgehead atoms. The number of hydrogen-bond donors (Lipinski definition) is 0. The molecule has 0 saturated carbocycles. The van der Waals surface area contributed by atoms with Crippen molar-refractivity contribution in [3.05, 3.63) is 46.9 Å². The topological polar surface area (TPSA) is 42.4 Å². The van der Waals surface area contributed by atoms with E-state index in [-0.39, 0.29) is 5.97 Å². The minimum absolute atomic E-state index is 0.315. The molecule has 1 saturated heterocycles. The number of para-hydroxylation sites is 1. The number of carbonyl (C=O) groups is 1. The molecule has 1 aliphatic rings. The Bertz CT molecular complexity index is 557. The first-order valence-electron chi connectivity index (χ1n) is 6.68. The number of rotatable bonds is 4. The fourth-order valence-corrected chi connectivity index (χ4v) is 2.94. The van der Waals surface area contributed by atoms with Crippen molar-refractivity contribution in [3.63, 3.8) is 0 Å². The second kappa shape index (κ2) is 6.05. The van der Waals surface area contributed by atoms with E-state index in [1.165, 1.54) is 17.0 Å². The zero-order valence-electron chi connectivity index (χ0n) is 11.1. The molecule has 2 heterocycles. The third-order valence-electron chi connectivity index (χ3n) is 3.50. The minimum atomic E-state index is -0.315. The van der Waals surface area contributed by atoms with Gasteiger partial charge in [0.25, 0.3) is 0 Å². The second-order valence-corrected chi connectivity index (χ2v) is 5.63. The molecular weight excluding hydrogens is 272 g/mol. The van der Waals surface area contributed by atoms with Gasteiger partial charge in [0.05, 0.1) is 12.1 Å². The molecule has 1 fully saturated rings. The molecular formula is C15H16N2O2S. The van der Waals surface area contributed by atoms with Crippen molar-refractivity contribution >= 4 is 23.0 Å². The molecule has 0 N–H and O–H groups in total. The Hall–Kier alpha value is -1.88. The number of benzene rings is 1. The van der Waals surface area contributed by atoms with E-state index in [4.69, 9.17) is 4.74 Å². The standard InChI is InChI=1S/C15H16N2O2S/c18-15(14-10-20-11-16-14)19-9-12-6-7-17(8-12)13-4-2-1-3-5-13/h1-5,10-12H,6-9H2. The monoisotopic (exact) mass is 288 g/mol. The Balaban J connectivity index is 1.50. The number of aromatic nitrogens is 1. The molecule has 1 aromatic carbocycles. The van der Waals surface area contributed by atoms with Crippen molar-refractivity contribution in [2.24, 2.45) is 5.92 Å². The van der Waals surface area contributed by atoms with Gasteiger partial charge in [-0.1, -0.05) is 18.2 Å². The van der Waals surface area contributed by atoms with Crippen molar-refractivity contribution in [1.82, 2.24) is 4.98 Å². The van der Waals surface area contributed by atoms with Crippen LogP contribution in [0.3, 0.4) is 0 Å². The van der Waals surface area contributed by atoms with Crippen LogP contribution in [0.2, 0.25) is 0 Å². The highest BCUT2D eigenvalue weighted by Crippen LogP contribution is 2.23. The molecule has 0 radical (unpaired) electrons. The van der Waals surface area contributed by atoms with Crippen LogP contribution in [-0.2, 0) is 4.74 Å². The smallest absolute Gasteiger partial charge is 0.357 e. The summed E-state index contributed by atoms with van der Waals surface area (Å²) in [5, 5.41) is 1.72. The highest BCUT2D eigenvalue weighted by molar-refractivity contribution is 7.07. The summed E-state index contributed by atoms with van der Waals surface area (Å²) in [4.78, 5) is 18.0. The predicted molar refractivity (Wildman–Crippen MR) is 79.2 cm³/mol. The molecule has 0 amide bonds. The largest absolute Gasteiger partial charge is 0.461 e. The summed E-state index contributed by atoms with van der Waals surface area (Å²) in [6, 6.07) is 10.3. The quantitative estimate of drug-likeness (QED) is 0.811. The Morgan fingerprint density at radius 2 is 2.25 bits per heavy atom. The molecule has 5 heteroatoms. The Labute approximate surface area is 122 Å². The number of ether oxygens (including phenoxy) is 1. The third-order valence-corrected chi connectivity index (χ3v) is 4.09. The zero-order valence-corrected chi connectivity index (χ0v) is 11.9. The lowest BCUT2D eigenvalue weighted by atomic mass is 10.1. The summed E-state index contributed by atoms with van der Waals surface area (Å²) in [5.41, 5.74) is 3.29.